The van der Waals surface area contributed by atoms with Gasteiger partial charge in [0.15, 0.2) is 6.10 Å². The Morgan fingerprint density at radius 1 is 0.362 bits per heavy atom. The summed E-state index contributed by atoms with van der Waals surface area (Å²) in [4.78, 5) is 37.7. The molecule has 322 valence electrons. The maximum atomic E-state index is 12.7. The number of hydrogen-bond donors (Lipinski definition) is 0. The first-order chi connectivity index (χ1) is 28.5. The molecule has 0 aliphatic carbocycles. The standard InChI is InChI=1S/C52H78O6/c1-4-7-10-13-16-19-22-25-26-28-30-33-36-39-42-45-51(54)57-48-49(47-56-50(53)44-41-38-35-32-29-24-21-18-15-12-9-6-3)58-52(55)46-43-40-37-34-31-27-23-20-17-14-11-8-5-2/h7-14,16-23,27,29,31-32,34,37,49H,4-6,15,24-26,28,30,33,35-36,38-48H2,1-3H3/b10-7-,11-8-,12-9-,16-13-,17-14-,21-18-,22-19-,23-20-,31-27-,32-29-,37-34-. The van der Waals surface area contributed by atoms with Crippen molar-refractivity contribution in [2.45, 2.75) is 162 Å². The molecular formula is C52H78O6. The van der Waals surface area contributed by atoms with Gasteiger partial charge < -0.3 is 14.2 Å². The Balaban J connectivity index is 4.60. The fourth-order valence-electron chi connectivity index (χ4n) is 5.31. The van der Waals surface area contributed by atoms with Gasteiger partial charge in [0, 0.05) is 19.3 Å². The second kappa shape index (κ2) is 45.3. The van der Waals surface area contributed by atoms with Crippen LogP contribution in [-0.2, 0) is 28.6 Å². The van der Waals surface area contributed by atoms with E-state index in [1.807, 2.05) is 54.7 Å². The van der Waals surface area contributed by atoms with Crippen molar-refractivity contribution in [1.29, 1.82) is 0 Å². The first kappa shape index (κ1) is 53.6. The van der Waals surface area contributed by atoms with Gasteiger partial charge in [0.05, 0.1) is 0 Å². The fraction of sp³-hybridized carbons (Fsp3) is 0.519. The summed E-state index contributed by atoms with van der Waals surface area (Å²) in [5.41, 5.74) is 0. The Bertz CT molecular complexity index is 1330. The Morgan fingerprint density at radius 3 is 1.26 bits per heavy atom. The molecule has 0 radical (unpaired) electrons. The Kier molecular flexibility index (Phi) is 41.8. The van der Waals surface area contributed by atoms with Crippen LogP contribution >= 0.6 is 0 Å². The summed E-state index contributed by atoms with van der Waals surface area (Å²) < 4.78 is 16.6. The molecule has 0 heterocycles. The third-order valence-corrected chi connectivity index (χ3v) is 8.57. The van der Waals surface area contributed by atoms with Crippen molar-refractivity contribution in [3.8, 4) is 0 Å². The largest absolute Gasteiger partial charge is 0.462 e. The molecular weight excluding hydrogens is 721 g/mol. The lowest BCUT2D eigenvalue weighted by Gasteiger charge is -2.18. The molecule has 0 aromatic rings. The molecule has 1 unspecified atom stereocenters. The summed E-state index contributed by atoms with van der Waals surface area (Å²) in [5, 5.41) is 0. The van der Waals surface area contributed by atoms with E-state index < -0.39 is 12.1 Å². The number of rotatable bonds is 37. The quantitative estimate of drug-likeness (QED) is 0.0205. The predicted molar refractivity (Wildman–Crippen MR) is 246 cm³/mol. The van der Waals surface area contributed by atoms with E-state index in [1.165, 1.54) is 19.3 Å². The molecule has 0 aliphatic rings. The predicted octanol–water partition coefficient (Wildman–Crippen LogP) is 14.4. The maximum absolute atomic E-state index is 12.7. The van der Waals surface area contributed by atoms with Gasteiger partial charge in [-0.2, -0.15) is 0 Å². The molecule has 0 bridgehead atoms. The van der Waals surface area contributed by atoms with Gasteiger partial charge in [-0.1, -0.05) is 187 Å². The van der Waals surface area contributed by atoms with Crippen LogP contribution in [0.1, 0.15) is 156 Å². The highest BCUT2D eigenvalue weighted by Gasteiger charge is 2.19. The summed E-state index contributed by atoms with van der Waals surface area (Å²) in [5.74, 6) is -1.08. The molecule has 0 aliphatic heterocycles. The van der Waals surface area contributed by atoms with Crippen molar-refractivity contribution in [2.75, 3.05) is 13.2 Å². The van der Waals surface area contributed by atoms with Crippen LogP contribution in [0.2, 0.25) is 0 Å². The van der Waals surface area contributed by atoms with Gasteiger partial charge in [-0.25, -0.2) is 0 Å². The molecule has 0 rings (SSSR count). The SMILES string of the molecule is CC\C=C/C=C\C=C/C=C\C=C/CCCC(=O)OC(COC(=O)CCCC/C=C\C/C=C\C/C=C\CC)COC(=O)CCCCCCCCC\C=C/C=C\C=C/CC. The van der Waals surface area contributed by atoms with Crippen molar-refractivity contribution in [3.05, 3.63) is 134 Å². The normalized spacial score (nSPS) is 13.4. The molecule has 0 N–H and O–H groups in total. The van der Waals surface area contributed by atoms with Gasteiger partial charge >= 0.3 is 17.9 Å². The molecule has 0 fully saturated rings. The summed E-state index contributed by atoms with van der Waals surface area (Å²) in [6.07, 6.45) is 63.0. The smallest absolute Gasteiger partial charge is 0.306 e. The number of hydrogen-bond acceptors (Lipinski definition) is 6. The van der Waals surface area contributed by atoms with Gasteiger partial charge in [-0.05, 0) is 83.5 Å². The van der Waals surface area contributed by atoms with Crippen LogP contribution in [0, 0.1) is 0 Å². The van der Waals surface area contributed by atoms with E-state index in [0.717, 1.165) is 77.0 Å². The van der Waals surface area contributed by atoms with E-state index in [4.69, 9.17) is 14.2 Å². The summed E-state index contributed by atoms with van der Waals surface area (Å²) in [6.45, 7) is 6.09. The Labute approximate surface area is 354 Å². The highest BCUT2D eigenvalue weighted by atomic mass is 16.6. The van der Waals surface area contributed by atoms with Gasteiger partial charge in [-0.3, -0.25) is 14.4 Å². The van der Waals surface area contributed by atoms with Crippen molar-refractivity contribution in [3.63, 3.8) is 0 Å². The number of esters is 3. The third kappa shape index (κ3) is 42.7. The lowest BCUT2D eigenvalue weighted by Crippen LogP contribution is -2.30. The molecule has 0 saturated heterocycles. The second-order valence-corrected chi connectivity index (χ2v) is 14.0. The lowest BCUT2D eigenvalue weighted by molar-refractivity contribution is -0.167. The van der Waals surface area contributed by atoms with Crippen LogP contribution in [0.5, 0.6) is 0 Å². The molecule has 0 amide bonds. The molecule has 58 heavy (non-hydrogen) atoms. The van der Waals surface area contributed by atoms with E-state index >= 15 is 0 Å². The zero-order chi connectivity index (χ0) is 42.3. The van der Waals surface area contributed by atoms with Gasteiger partial charge in [0.1, 0.15) is 13.2 Å². The minimum absolute atomic E-state index is 0.131. The summed E-state index contributed by atoms with van der Waals surface area (Å²) >= 11 is 0. The molecule has 0 spiro atoms. The van der Waals surface area contributed by atoms with Crippen LogP contribution in [-0.4, -0.2) is 37.2 Å². The number of carbonyl (C=O) groups is 3. The van der Waals surface area contributed by atoms with Crippen LogP contribution in [0.4, 0.5) is 0 Å². The Morgan fingerprint density at radius 2 is 0.724 bits per heavy atom. The van der Waals surface area contributed by atoms with Crippen molar-refractivity contribution in [1.82, 2.24) is 0 Å². The minimum Gasteiger partial charge on any atom is -0.462 e. The first-order valence-corrected chi connectivity index (χ1v) is 22.3. The van der Waals surface area contributed by atoms with Crippen molar-refractivity contribution in [2.24, 2.45) is 0 Å². The molecule has 0 aromatic carbocycles. The lowest BCUT2D eigenvalue weighted by atomic mass is 10.1. The topological polar surface area (TPSA) is 78.9 Å². The van der Waals surface area contributed by atoms with E-state index in [-0.39, 0.29) is 38.0 Å². The van der Waals surface area contributed by atoms with Crippen molar-refractivity contribution < 1.29 is 28.6 Å². The van der Waals surface area contributed by atoms with E-state index in [9.17, 15) is 14.4 Å². The summed E-state index contributed by atoms with van der Waals surface area (Å²) in [7, 11) is 0. The van der Waals surface area contributed by atoms with Crippen LogP contribution in [0.25, 0.3) is 0 Å². The summed E-state index contributed by atoms with van der Waals surface area (Å²) in [6, 6.07) is 0. The maximum Gasteiger partial charge on any atom is 0.306 e. The third-order valence-electron chi connectivity index (χ3n) is 8.57. The number of unbranched alkanes of at least 4 members (excludes halogenated alkanes) is 10. The molecule has 6 nitrogen and oxygen atoms in total. The highest BCUT2D eigenvalue weighted by molar-refractivity contribution is 5.71. The molecule has 0 saturated carbocycles. The van der Waals surface area contributed by atoms with Crippen LogP contribution < -0.4 is 0 Å². The zero-order valence-electron chi connectivity index (χ0n) is 36.5. The van der Waals surface area contributed by atoms with E-state index in [0.29, 0.717) is 25.7 Å². The minimum atomic E-state index is -0.839. The van der Waals surface area contributed by atoms with Gasteiger partial charge in [0.2, 0.25) is 0 Å². The highest BCUT2D eigenvalue weighted by Crippen LogP contribution is 2.12. The first-order valence-electron chi connectivity index (χ1n) is 22.3. The molecule has 1 atom stereocenters. The van der Waals surface area contributed by atoms with Gasteiger partial charge in [0.25, 0.3) is 0 Å². The average Bonchev–Trinajstić information content (AvgIpc) is 3.22. The van der Waals surface area contributed by atoms with Crippen LogP contribution in [0.3, 0.4) is 0 Å². The van der Waals surface area contributed by atoms with Crippen molar-refractivity contribution >= 4 is 17.9 Å². The number of allylic oxidation sites excluding steroid dienone is 22. The van der Waals surface area contributed by atoms with Crippen LogP contribution in [0.15, 0.2) is 134 Å². The molecule has 6 heteroatoms. The number of carbonyl (C=O) groups excluding carboxylic acids is 3. The monoisotopic (exact) mass is 799 g/mol. The molecule has 0 aromatic heterocycles. The van der Waals surface area contributed by atoms with Gasteiger partial charge in [-0.15, -0.1) is 0 Å². The Hall–Kier alpha value is -4.45. The average molecular weight is 799 g/mol. The second-order valence-electron chi connectivity index (χ2n) is 14.0. The number of ether oxygens (including phenoxy) is 3. The fourth-order valence-corrected chi connectivity index (χ4v) is 5.31. The van der Waals surface area contributed by atoms with E-state index in [2.05, 4.69) is 99.8 Å². The van der Waals surface area contributed by atoms with E-state index in [1.54, 1.807) is 0 Å². The zero-order valence-corrected chi connectivity index (χ0v) is 36.5.